The molecule has 0 bridgehead atoms. The minimum absolute atomic E-state index is 0.0134. The molecular formula is C26H45N5O. The molecule has 0 spiro atoms. The van der Waals surface area contributed by atoms with Crippen molar-refractivity contribution < 1.29 is 4.79 Å². The highest BCUT2D eigenvalue weighted by molar-refractivity contribution is 5.77. The molecule has 0 N–H and O–H groups in total. The number of hydrogen-bond acceptors (Lipinski definition) is 6. The van der Waals surface area contributed by atoms with Gasteiger partial charge >= 0.3 is 0 Å². The summed E-state index contributed by atoms with van der Waals surface area (Å²) < 4.78 is 0. The number of nitrogens with zero attached hydrogens (tertiary/aromatic N) is 5. The Morgan fingerprint density at radius 2 is 1.53 bits per heavy atom. The Morgan fingerprint density at radius 1 is 0.906 bits per heavy atom. The van der Waals surface area contributed by atoms with Gasteiger partial charge in [-0.25, -0.2) is 9.97 Å². The van der Waals surface area contributed by atoms with Gasteiger partial charge in [-0.05, 0) is 51.7 Å². The van der Waals surface area contributed by atoms with Crippen LogP contribution in [0.25, 0.3) is 0 Å². The van der Waals surface area contributed by atoms with Gasteiger partial charge in [-0.2, -0.15) is 0 Å². The lowest BCUT2D eigenvalue weighted by atomic mass is 9.90. The number of likely N-dealkylation sites (tertiary alicyclic amines) is 1. The van der Waals surface area contributed by atoms with Crippen LogP contribution in [0.5, 0.6) is 0 Å². The van der Waals surface area contributed by atoms with Gasteiger partial charge in [-0.15, -0.1) is 0 Å². The van der Waals surface area contributed by atoms with Gasteiger partial charge in [0, 0.05) is 43.1 Å². The molecule has 1 aromatic rings. The fourth-order valence-electron chi connectivity index (χ4n) is 4.63. The van der Waals surface area contributed by atoms with Gasteiger partial charge in [-0.1, -0.05) is 41.5 Å². The van der Waals surface area contributed by atoms with Gasteiger partial charge in [0.15, 0.2) is 0 Å². The Morgan fingerprint density at radius 3 is 2.06 bits per heavy atom. The van der Waals surface area contributed by atoms with Crippen LogP contribution in [0.1, 0.15) is 79.2 Å². The highest BCUT2D eigenvalue weighted by Gasteiger charge is 2.27. The summed E-state index contributed by atoms with van der Waals surface area (Å²) in [5.74, 6) is 3.13. The van der Waals surface area contributed by atoms with E-state index < -0.39 is 0 Å². The normalized spacial score (nSPS) is 20.0. The first-order valence-corrected chi connectivity index (χ1v) is 12.5. The molecule has 6 heteroatoms. The Bertz CT molecular complexity index is 731. The predicted molar refractivity (Wildman–Crippen MR) is 133 cm³/mol. The molecule has 2 aliphatic heterocycles. The number of anilines is 1. The number of Topliss-reactive ketones (excluding diaryl/α,β-unsaturated/α-hetero) is 1. The second-order valence-corrected chi connectivity index (χ2v) is 12.0. The van der Waals surface area contributed by atoms with Crippen LogP contribution in [-0.4, -0.2) is 77.9 Å². The van der Waals surface area contributed by atoms with Gasteiger partial charge in [0.05, 0.1) is 12.2 Å². The third kappa shape index (κ3) is 6.98. The zero-order valence-corrected chi connectivity index (χ0v) is 21.6. The second-order valence-electron chi connectivity index (χ2n) is 12.0. The summed E-state index contributed by atoms with van der Waals surface area (Å²) in [6, 6.07) is 2.21. The molecule has 0 atom stereocenters. The zero-order chi connectivity index (χ0) is 23.5. The fraction of sp³-hybridized carbons (Fsp3) is 0.808. The highest BCUT2D eigenvalue weighted by Crippen LogP contribution is 2.29. The van der Waals surface area contributed by atoms with Crippen LogP contribution < -0.4 is 4.90 Å². The number of hydrogen-bond donors (Lipinski definition) is 0. The van der Waals surface area contributed by atoms with Crippen LogP contribution in [0, 0.1) is 5.92 Å². The first-order chi connectivity index (χ1) is 14.9. The van der Waals surface area contributed by atoms with Crippen molar-refractivity contribution in [3.05, 3.63) is 17.6 Å². The standard InChI is InChI=1S/C26H45N5O/c1-20(32)19-30-12-9-21(10-13-30)8-11-29-14-16-31(17-15-29)23-18-22(25(2,3)4)27-24(28-23)26(5,6)7/h18,21H,8-17,19H2,1-7H3. The third-order valence-electron chi connectivity index (χ3n) is 6.86. The monoisotopic (exact) mass is 443 g/mol. The predicted octanol–water partition coefficient (Wildman–Crippen LogP) is 3.88. The Balaban J connectivity index is 1.52. The molecule has 3 heterocycles. The minimum Gasteiger partial charge on any atom is -0.354 e. The largest absolute Gasteiger partial charge is 0.354 e. The number of piperazine rings is 1. The number of carbonyl (C=O) groups is 1. The van der Waals surface area contributed by atoms with E-state index in [0.29, 0.717) is 6.54 Å². The molecule has 0 unspecified atom stereocenters. The van der Waals surface area contributed by atoms with E-state index in [2.05, 4.69) is 62.3 Å². The number of aromatic nitrogens is 2. The van der Waals surface area contributed by atoms with Crippen LogP contribution >= 0.6 is 0 Å². The molecule has 180 valence electrons. The van der Waals surface area contributed by atoms with Crippen LogP contribution in [0.2, 0.25) is 0 Å². The molecule has 1 aromatic heterocycles. The van der Waals surface area contributed by atoms with Crippen molar-refractivity contribution in [3.63, 3.8) is 0 Å². The number of rotatable bonds is 6. The summed E-state index contributed by atoms with van der Waals surface area (Å²) >= 11 is 0. The molecule has 0 saturated carbocycles. The lowest BCUT2D eigenvalue weighted by Crippen LogP contribution is -2.47. The number of ketones is 1. The first-order valence-electron chi connectivity index (χ1n) is 12.5. The van der Waals surface area contributed by atoms with Crippen molar-refractivity contribution in [2.75, 3.05) is 57.3 Å². The molecule has 0 amide bonds. The Labute approximate surface area is 195 Å². The van der Waals surface area contributed by atoms with E-state index in [1.54, 1.807) is 6.92 Å². The van der Waals surface area contributed by atoms with E-state index in [9.17, 15) is 4.79 Å². The molecule has 2 aliphatic rings. The van der Waals surface area contributed by atoms with E-state index in [1.165, 1.54) is 25.8 Å². The maximum absolute atomic E-state index is 11.3. The van der Waals surface area contributed by atoms with Crippen molar-refractivity contribution >= 4 is 11.6 Å². The van der Waals surface area contributed by atoms with Gasteiger partial charge in [0.25, 0.3) is 0 Å². The summed E-state index contributed by atoms with van der Waals surface area (Å²) in [6.07, 6.45) is 3.75. The molecule has 6 nitrogen and oxygen atoms in total. The topological polar surface area (TPSA) is 52.6 Å². The minimum atomic E-state index is -0.0577. The lowest BCUT2D eigenvalue weighted by molar-refractivity contribution is -0.118. The molecule has 3 rings (SSSR count). The Hall–Kier alpha value is -1.53. The summed E-state index contributed by atoms with van der Waals surface area (Å²) in [5, 5.41) is 0. The van der Waals surface area contributed by atoms with Crippen LogP contribution in [0.15, 0.2) is 6.07 Å². The van der Waals surface area contributed by atoms with E-state index in [4.69, 9.17) is 9.97 Å². The summed E-state index contributed by atoms with van der Waals surface area (Å²) in [7, 11) is 0. The fourth-order valence-corrected chi connectivity index (χ4v) is 4.63. The number of carbonyl (C=O) groups excluding carboxylic acids is 1. The van der Waals surface area contributed by atoms with Gasteiger partial charge < -0.3 is 4.90 Å². The van der Waals surface area contributed by atoms with Gasteiger partial charge in [0.2, 0.25) is 0 Å². The first kappa shape index (κ1) is 25.1. The Kier molecular flexibility index (Phi) is 7.97. The molecule has 0 aromatic carbocycles. The second kappa shape index (κ2) is 10.2. The molecule has 0 aliphatic carbocycles. The van der Waals surface area contributed by atoms with Crippen molar-refractivity contribution in [1.29, 1.82) is 0 Å². The van der Waals surface area contributed by atoms with Crippen LogP contribution in [0.4, 0.5) is 5.82 Å². The van der Waals surface area contributed by atoms with E-state index >= 15 is 0 Å². The quantitative estimate of drug-likeness (QED) is 0.665. The third-order valence-corrected chi connectivity index (χ3v) is 6.86. The van der Waals surface area contributed by atoms with Crippen LogP contribution in [0.3, 0.4) is 0 Å². The molecule has 32 heavy (non-hydrogen) atoms. The maximum Gasteiger partial charge on any atom is 0.143 e. The van der Waals surface area contributed by atoms with Crippen molar-refractivity contribution in [1.82, 2.24) is 19.8 Å². The van der Waals surface area contributed by atoms with Gasteiger partial charge in [0.1, 0.15) is 17.4 Å². The van der Waals surface area contributed by atoms with E-state index in [0.717, 1.165) is 62.5 Å². The SMILES string of the molecule is CC(=O)CN1CCC(CCN2CCN(c3cc(C(C)(C)C)nc(C(C)(C)C)n3)CC2)CC1. The maximum atomic E-state index is 11.3. The van der Waals surface area contributed by atoms with E-state index in [1.807, 2.05) is 0 Å². The van der Waals surface area contributed by atoms with Crippen LogP contribution in [-0.2, 0) is 15.6 Å². The molecule has 2 fully saturated rings. The van der Waals surface area contributed by atoms with Gasteiger partial charge in [-0.3, -0.25) is 14.6 Å². The summed E-state index contributed by atoms with van der Waals surface area (Å²) in [4.78, 5) is 28.6. The average molecular weight is 444 g/mol. The van der Waals surface area contributed by atoms with Crippen molar-refractivity contribution in [2.24, 2.45) is 5.92 Å². The smallest absolute Gasteiger partial charge is 0.143 e. The highest BCUT2D eigenvalue weighted by atomic mass is 16.1. The van der Waals surface area contributed by atoms with Crippen molar-refractivity contribution in [3.8, 4) is 0 Å². The number of piperidine rings is 1. The molecular weight excluding hydrogens is 398 g/mol. The zero-order valence-electron chi connectivity index (χ0n) is 21.6. The average Bonchev–Trinajstić information content (AvgIpc) is 2.72. The molecule has 2 saturated heterocycles. The lowest BCUT2D eigenvalue weighted by Gasteiger charge is -2.37. The molecule has 0 radical (unpaired) electrons. The van der Waals surface area contributed by atoms with Crippen molar-refractivity contribution in [2.45, 2.75) is 78.6 Å². The van der Waals surface area contributed by atoms with E-state index in [-0.39, 0.29) is 16.6 Å². The summed E-state index contributed by atoms with van der Waals surface area (Å²) in [6.45, 7) is 23.2. The summed E-state index contributed by atoms with van der Waals surface area (Å²) in [5.41, 5.74) is 1.09.